The van der Waals surface area contributed by atoms with E-state index >= 15 is 0 Å². The summed E-state index contributed by atoms with van der Waals surface area (Å²) in [5.74, 6) is 0. The van der Waals surface area contributed by atoms with E-state index in [0.717, 1.165) is 19.4 Å². The molecule has 0 bridgehead atoms. The van der Waals surface area contributed by atoms with Gasteiger partial charge in [0.25, 0.3) is 0 Å². The maximum absolute atomic E-state index is 12.4. The first-order valence-electron chi connectivity index (χ1n) is 6.39. The molecule has 2 rings (SSSR count). The molecule has 1 saturated heterocycles. The van der Waals surface area contributed by atoms with Crippen molar-refractivity contribution in [3.63, 3.8) is 0 Å². The highest BCUT2D eigenvalue weighted by Crippen LogP contribution is 2.17. The zero-order valence-corrected chi connectivity index (χ0v) is 11.8. The number of hydrogen-bond acceptors (Lipinski definition) is 3. The average molecular weight is 271 g/mol. The molecule has 0 aromatic carbocycles. The van der Waals surface area contributed by atoms with Crippen molar-refractivity contribution in [2.75, 3.05) is 19.6 Å². The second-order valence-electron chi connectivity index (χ2n) is 4.76. The predicted molar refractivity (Wildman–Crippen MR) is 70.9 cm³/mol. The second-order valence-corrected chi connectivity index (χ2v) is 6.70. The highest BCUT2D eigenvalue weighted by Gasteiger charge is 2.27. The molecule has 1 atom stereocenters. The number of nitrogens with one attached hydrogen (secondary N) is 1. The molecule has 2 heterocycles. The van der Waals surface area contributed by atoms with Gasteiger partial charge in [0, 0.05) is 38.6 Å². The summed E-state index contributed by atoms with van der Waals surface area (Å²) in [5, 5.41) is 3.34. The predicted octanol–water partition coefficient (Wildman–Crippen LogP) is 0.788. The summed E-state index contributed by atoms with van der Waals surface area (Å²) >= 11 is 0. The van der Waals surface area contributed by atoms with E-state index in [1.165, 1.54) is 0 Å². The van der Waals surface area contributed by atoms with Gasteiger partial charge in [-0.2, -0.15) is 4.31 Å². The van der Waals surface area contributed by atoms with Gasteiger partial charge in [-0.3, -0.25) is 0 Å². The SMILES string of the molecule is CCN(CC1CCCN1)S(=O)(=O)c1ccn(C)c1. The number of hydrogen-bond donors (Lipinski definition) is 1. The van der Waals surface area contributed by atoms with Crippen LogP contribution in [0.5, 0.6) is 0 Å². The topological polar surface area (TPSA) is 54.3 Å². The van der Waals surface area contributed by atoms with Gasteiger partial charge in [-0.05, 0) is 25.5 Å². The smallest absolute Gasteiger partial charge is 0.244 e. The van der Waals surface area contributed by atoms with E-state index in [0.29, 0.717) is 24.0 Å². The van der Waals surface area contributed by atoms with E-state index in [2.05, 4.69) is 5.32 Å². The average Bonchev–Trinajstić information content (AvgIpc) is 2.96. The molecule has 1 N–H and O–H groups in total. The van der Waals surface area contributed by atoms with E-state index < -0.39 is 10.0 Å². The first-order valence-corrected chi connectivity index (χ1v) is 7.83. The molecule has 1 fully saturated rings. The van der Waals surface area contributed by atoms with Crippen molar-refractivity contribution >= 4 is 10.0 Å². The first-order chi connectivity index (χ1) is 8.54. The molecule has 1 aromatic rings. The molecule has 0 amide bonds. The van der Waals surface area contributed by atoms with Gasteiger partial charge in [-0.1, -0.05) is 6.92 Å². The molecule has 5 nitrogen and oxygen atoms in total. The van der Waals surface area contributed by atoms with Crippen LogP contribution in [0, 0.1) is 0 Å². The van der Waals surface area contributed by atoms with Crippen molar-refractivity contribution in [1.29, 1.82) is 0 Å². The maximum atomic E-state index is 12.4. The molecule has 0 saturated carbocycles. The van der Waals surface area contributed by atoms with Crippen LogP contribution in [0.15, 0.2) is 23.4 Å². The van der Waals surface area contributed by atoms with Crippen molar-refractivity contribution in [2.45, 2.75) is 30.7 Å². The van der Waals surface area contributed by atoms with Crippen LogP contribution < -0.4 is 5.32 Å². The van der Waals surface area contributed by atoms with Crippen molar-refractivity contribution in [3.8, 4) is 0 Å². The fraction of sp³-hybridized carbons (Fsp3) is 0.667. The second kappa shape index (κ2) is 5.42. The highest BCUT2D eigenvalue weighted by atomic mass is 32.2. The number of aryl methyl sites for hydroxylation is 1. The number of likely N-dealkylation sites (N-methyl/N-ethyl adjacent to an activating group) is 1. The molecule has 1 aliphatic rings. The molecule has 18 heavy (non-hydrogen) atoms. The van der Waals surface area contributed by atoms with E-state index in [1.54, 1.807) is 27.3 Å². The Bertz CT molecular complexity index is 489. The van der Waals surface area contributed by atoms with E-state index in [-0.39, 0.29) is 0 Å². The summed E-state index contributed by atoms with van der Waals surface area (Å²) in [7, 11) is -1.52. The van der Waals surface area contributed by atoms with Crippen LogP contribution in [0.2, 0.25) is 0 Å². The Morgan fingerprint density at radius 1 is 1.56 bits per heavy atom. The van der Waals surface area contributed by atoms with Crippen molar-refractivity contribution in [1.82, 2.24) is 14.2 Å². The Morgan fingerprint density at radius 2 is 2.33 bits per heavy atom. The quantitative estimate of drug-likeness (QED) is 0.861. The summed E-state index contributed by atoms with van der Waals surface area (Å²) in [4.78, 5) is 0.379. The molecule has 102 valence electrons. The Labute approximate surface area is 109 Å². The largest absolute Gasteiger partial charge is 0.356 e. The van der Waals surface area contributed by atoms with Crippen LogP contribution >= 0.6 is 0 Å². The lowest BCUT2D eigenvalue weighted by Crippen LogP contribution is -2.40. The summed E-state index contributed by atoms with van der Waals surface area (Å²) in [5.41, 5.74) is 0. The summed E-state index contributed by atoms with van der Waals surface area (Å²) in [6.45, 7) is 3.95. The van der Waals surface area contributed by atoms with E-state index in [9.17, 15) is 8.42 Å². The molecule has 1 unspecified atom stereocenters. The Hall–Kier alpha value is -0.850. The molecule has 6 heteroatoms. The van der Waals surface area contributed by atoms with Gasteiger partial charge >= 0.3 is 0 Å². The molecule has 0 aliphatic carbocycles. The third kappa shape index (κ3) is 2.76. The van der Waals surface area contributed by atoms with Crippen LogP contribution in [-0.2, 0) is 17.1 Å². The van der Waals surface area contributed by atoms with Gasteiger partial charge in [0.15, 0.2) is 0 Å². The monoisotopic (exact) mass is 271 g/mol. The molecule has 0 radical (unpaired) electrons. The lowest BCUT2D eigenvalue weighted by Gasteiger charge is -2.23. The summed E-state index contributed by atoms with van der Waals surface area (Å²) in [6.07, 6.45) is 5.60. The number of sulfonamides is 1. The normalized spacial score (nSPS) is 20.7. The van der Waals surface area contributed by atoms with Crippen LogP contribution in [0.4, 0.5) is 0 Å². The molecule has 0 spiro atoms. The summed E-state index contributed by atoms with van der Waals surface area (Å²) < 4.78 is 28.2. The van der Waals surface area contributed by atoms with Gasteiger partial charge in [0.2, 0.25) is 10.0 Å². The van der Waals surface area contributed by atoms with Gasteiger partial charge in [-0.15, -0.1) is 0 Å². The molecule has 1 aromatic heterocycles. The van der Waals surface area contributed by atoms with Crippen LogP contribution in [0.25, 0.3) is 0 Å². The standard InChI is InChI=1S/C12H21N3O2S/c1-3-15(9-11-5-4-7-13-11)18(16,17)12-6-8-14(2)10-12/h6,8,10-11,13H,3-5,7,9H2,1-2H3. The van der Waals surface area contributed by atoms with Crippen LogP contribution in [0.3, 0.4) is 0 Å². The Balaban J connectivity index is 2.15. The van der Waals surface area contributed by atoms with Gasteiger partial charge in [0.05, 0.1) is 4.90 Å². The van der Waals surface area contributed by atoms with E-state index in [1.807, 2.05) is 14.0 Å². The minimum atomic E-state index is -3.35. The zero-order valence-electron chi connectivity index (χ0n) is 11.0. The lowest BCUT2D eigenvalue weighted by atomic mass is 10.2. The third-order valence-electron chi connectivity index (χ3n) is 3.38. The van der Waals surface area contributed by atoms with Gasteiger partial charge in [-0.25, -0.2) is 8.42 Å². The molecule has 1 aliphatic heterocycles. The Morgan fingerprint density at radius 3 is 2.83 bits per heavy atom. The van der Waals surface area contributed by atoms with Crippen molar-refractivity contribution < 1.29 is 8.42 Å². The fourth-order valence-corrected chi connectivity index (χ4v) is 3.88. The molecular formula is C12H21N3O2S. The summed E-state index contributed by atoms with van der Waals surface area (Å²) in [6, 6.07) is 1.95. The maximum Gasteiger partial charge on any atom is 0.244 e. The van der Waals surface area contributed by atoms with Gasteiger partial charge < -0.3 is 9.88 Å². The van der Waals surface area contributed by atoms with Crippen molar-refractivity contribution in [2.24, 2.45) is 7.05 Å². The van der Waals surface area contributed by atoms with Crippen molar-refractivity contribution in [3.05, 3.63) is 18.5 Å². The van der Waals surface area contributed by atoms with Crippen LogP contribution in [0.1, 0.15) is 19.8 Å². The number of aromatic nitrogens is 1. The number of nitrogens with zero attached hydrogens (tertiary/aromatic N) is 2. The number of rotatable bonds is 5. The minimum absolute atomic E-state index is 0.295. The zero-order chi connectivity index (χ0) is 13.2. The van der Waals surface area contributed by atoms with Gasteiger partial charge in [0.1, 0.15) is 0 Å². The third-order valence-corrected chi connectivity index (χ3v) is 5.31. The lowest BCUT2D eigenvalue weighted by molar-refractivity contribution is 0.383. The molecular weight excluding hydrogens is 250 g/mol. The Kier molecular flexibility index (Phi) is 4.09. The minimum Gasteiger partial charge on any atom is -0.356 e. The van der Waals surface area contributed by atoms with E-state index in [4.69, 9.17) is 0 Å². The highest BCUT2D eigenvalue weighted by molar-refractivity contribution is 7.89. The fourth-order valence-electron chi connectivity index (χ4n) is 2.33. The first kappa shape index (κ1) is 13.6. The van der Waals surface area contributed by atoms with Crippen LogP contribution in [-0.4, -0.2) is 43.0 Å².